The lowest BCUT2D eigenvalue weighted by Crippen LogP contribution is -2.45. The number of anilines is 1. The summed E-state index contributed by atoms with van der Waals surface area (Å²) < 4.78 is 8.07. The van der Waals surface area contributed by atoms with E-state index in [1.807, 2.05) is 38.1 Å². The van der Waals surface area contributed by atoms with Gasteiger partial charge in [-0.2, -0.15) is 0 Å². The van der Waals surface area contributed by atoms with Crippen molar-refractivity contribution in [1.82, 2.24) is 14.1 Å². The fourth-order valence-corrected chi connectivity index (χ4v) is 4.18. The maximum atomic E-state index is 13.4. The molecule has 0 fully saturated rings. The number of nitrogens with zero attached hydrogens (tertiary/aromatic N) is 4. The zero-order valence-electron chi connectivity index (χ0n) is 18.1. The zero-order chi connectivity index (χ0) is 22.1. The molecule has 3 heterocycles. The minimum atomic E-state index is -0.574. The first kappa shape index (κ1) is 20.8. The molecule has 0 aliphatic carbocycles. The summed E-state index contributed by atoms with van der Waals surface area (Å²) in [5.41, 5.74) is 1.85. The van der Waals surface area contributed by atoms with Gasteiger partial charge in [-0.1, -0.05) is 25.1 Å². The van der Waals surface area contributed by atoms with Gasteiger partial charge < -0.3 is 9.64 Å². The number of pyridine rings is 1. The number of hydrogen-bond acceptors (Lipinski definition) is 5. The molecule has 0 unspecified atom stereocenters. The predicted octanol–water partition coefficient (Wildman–Crippen LogP) is 2.04. The molecular formula is C23H26N4O4. The molecule has 0 saturated carbocycles. The lowest BCUT2D eigenvalue weighted by molar-refractivity contribution is -0.119. The van der Waals surface area contributed by atoms with Gasteiger partial charge in [0, 0.05) is 31.0 Å². The number of amides is 1. The molecule has 0 spiro atoms. The summed E-state index contributed by atoms with van der Waals surface area (Å²) in [5, 5.41) is 0.232. The maximum Gasteiger partial charge on any atom is 0.332 e. The summed E-state index contributed by atoms with van der Waals surface area (Å²) in [6, 6.07) is 7.74. The number of benzene rings is 1. The van der Waals surface area contributed by atoms with Gasteiger partial charge in [0.15, 0.2) is 5.65 Å². The van der Waals surface area contributed by atoms with E-state index in [1.54, 1.807) is 18.1 Å². The second-order valence-corrected chi connectivity index (χ2v) is 7.61. The van der Waals surface area contributed by atoms with E-state index in [4.69, 9.17) is 4.74 Å². The van der Waals surface area contributed by atoms with Gasteiger partial charge in [-0.15, -0.1) is 0 Å². The first-order valence-corrected chi connectivity index (χ1v) is 10.6. The van der Waals surface area contributed by atoms with Crippen LogP contribution in [0.25, 0.3) is 11.0 Å². The Kier molecular flexibility index (Phi) is 5.63. The molecule has 1 aliphatic heterocycles. The molecule has 0 bridgehead atoms. The van der Waals surface area contributed by atoms with Crippen LogP contribution in [0.1, 0.15) is 31.4 Å². The Morgan fingerprint density at radius 3 is 2.71 bits per heavy atom. The number of fused-ring (bicyclic) bond motifs is 2. The molecule has 4 rings (SSSR count). The summed E-state index contributed by atoms with van der Waals surface area (Å²) in [4.78, 5) is 45.5. The lowest BCUT2D eigenvalue weighted by atomic mass is 10.0. The van der Waals surface area contributed by atoms with E-state index in [0.717, 1.165) is 34.2 Å². The average molecular weight is 422 g/mol. The summed E-state index contributed by atoms with van der Waals surface area (Å²) >= 11 is 0. The van der Waals surface area contributed by atoms with E-state index in [9.17, 15) is 14.4 Å². The molecule has 2 aromatic heterocycles. The Morgan fingerprint density at radius 1 is 1.19 bits per heavy atom. The largest absolute Gasteiger partial charge is 0.493 e. The van der Waals surface area contributed by atoms with Gasteiger partial charge in [-0.05, 0) is 37.8 Å². The Labute approximate surface area is 179 Å². The summed E-state index contributed by atoms with van der Waals surface area (Å²) in [6.45, 7) is 4.38. The minimum Gasteiger partial charge on any atom is -0.493 e. The number of aryl methyl sites for hydroxylation is 3. The Balaban J connectivity index is 1.83. The van der Waals surface area contributed by atoms with E-state index < -0.39 is 11.2 Å². The van der Waals surface area contributed by atoms with Crippen LogP contribution in [0.15, 0.2) is 40.1 Å². The molecule has 1 aliphatic rings. The SMILES string of the molecule is CCOc1c(CC)cnc2c1c(=O)n(CC(=O)N1CCCc3ccccc31)c(=O)n2C. The lowest BCUT2D eigenvalue weighted by Gasteiger charge is -2.29. The predicted molar refractivity (Wildman–Crippen MR) is 119 cm³/mol. The number of carbonyl (C=O) groups is 1. The van der Waals surface area contributed by atoms with Crippen LogP contribution in [0, 0.1) is 0 Å². The van der Waals surface area contributed by atoms with Crippen molar-refractivity contribution in [3.8, 4) is 5.75 Å². The van der Waals surface area contributed by atoms with Crippen LogP contribution in [0.4, 0.5) is 5.69 Å². The number of hydrogen-bond donors (Lipinski definition) is 0. The van der Waals surface area contributed by atoms with E-state index in [2.05, 4.69) is 4.98 Å². The van der Waals surface area contributed by atoms with Crippen molar-refractivity contribution in [2.24, 2.45) is 7.05 Å². The molecule has 1 aromatic carbocycles. The standard InChI is InChI=1S/C23H26N4O4/c1-4-15-13-24-21-19(20(15)31-5-2)22(29)27(23(30)25(21)3)14-18(28)26-12-8-10-16-9-6-7-11-17(16)26/h6-7,9,11,13H,4-5,8,10,12,14H2,1-3H3. The molecule has 162 valence electrons. The molecule has 0 N–H and O–H groups in total. The van der Waals surface area contributed by atoms with Crippen molar-refractivity contribution in [2.75, 3.05) is 18.1 Å². The van der Waals surface area contributed by atoms with Gasteiger partial charge in [0.1, 0.15) is 17.7 Å². The normalized spacial score (nSPS) is 13.3. The number of ether oxygens (including phenoxy) is 1. The van der Waals surface area contributed by atoms with Gasteiger partial charge in [-0.25, -0.2) is 14.3 Å². The molecule has 1 amide bonds. The van der Waals surface area contributed by atoms with Crippen LogP contribution in [0.2, 0.25) is 0 Å². The number of rotatable bonds is 5. The third-order valence-electron chi connectivity index (χ3n) is 5.75. The second-order valence-electron chi connectivity index (χ2n) is 7.61. The average Bonchev–Trinajstić information content (AvgIpc) is 2.79. The zero-order valence-corrected chi connectivity index (χ0v) is 18.1. The Morgan fingerprint density at radius 2 is 1.97 bits per heavy atom. The third kappa shape index (κ3) is 3.52. The van der Waals surface area contributed by atoms with Crippen molar-refractivity contribution in [3.63, 3.8) is 0 Å². The van der Waals surface area contributed by atoms with Gasteiger partial charge in [0.2, 0.25) is 5.91 Å². The number of para-hydroxylation sites is 1. The first-order chi connectivity index (χ1) is 15.0. The van der Waals surface area contributed by atoms with Gasteiger partial charge >= 0.3 is 5.69 Å². The van der Waals surface area contributed by atoms with Crippen molar-refractivity contribution >= 4 is 22.6 Å². The molecule has 0 radical (unpaired) electrons. The fraction of sp³-hybridized carbons (Fsp3) is 0.391. The maximum absolute atomic E-state index is 13.4. The molecule has 0 saturated heterocycles. The highest BCUT2D eigenvalue weighted by atomic mass is 16.5. The van der Waals surface area contributed by atoms with Crippen LogP contribution >= 0.6 is 0 Å². The summed E-state index contributed by atoms with van der Waals surface area (Å²) in [5.74, 6) is 0.142. The molecule has 8 nitrogen and oxygen atoms in total. The molecule has 3 aromatic rings. The van der Waals surface area contributed by atoms with Crippen LogP contribution in [-0.2, 0) is 31.2 Å². The Bertz CT molecular complexity index is 1280. The fourth-order valence-electron chi connectivity index (χ4n) is 4.18. The van der Waals surface area contributed by atoms with Crippen LogP contribution in [-0.4, -0.2) is 33.2 Å². The monoisotopic (exact) mass is 422 g/mol. The molecule has 8 heteroatoms. The van der Waals surface area contributed by atoms with Crippen LogP contribution in [0.3, 0.4) is 0 Å². The molecule has 0 atom stereocenters. The van der Waals surface area contributed by atoms with Crippen molar-refractivity contribution in [2.45, 2.75) is 39.7 Å². The Hall–Kier alpha value is -3.42. The van der Waals surface area contributed by atoms with Crippen molar-refractivity contribution in [3.05, 3.63) is 62.4 Å². The third-order valence-corrected chi connectivity index (χ3v) is 5.75. The van der Waals surface area contributed by atoms with Gasteiger partial charge in [-0.3, -0.25) is 14.2 Å². The van der Waals surface area contributed by atoms with Crippen LogP contribution in [0.5, 0.6) is 5.75 Å². The highest BCUT2D eigenvalue weighted by molar-refractivity contribution is 5.94. The number of carbonyl (C=O) groups excluding carboxylic acids is 1. The number of aromatic nitrogens is 3. The summed E-state index contributed by atoms with van der Waals surface area (Å²) in [6.07, 6.45) is 4.00. The molecule has 31 heavy (non-hydrogen) atoms. The van der Waals surface area contributed by atoms with Gasteiger partial charge in [0.25, 0.3) is 5.56 Å². The van der Waals surface area contributed by atoms with Crippen molar-refractivity contribution in [1.29, 1.82) is 0 Å². The summed E-state index contributed by atoms with van der Waals surface area (Å²) in [7, 11) is 1.55. The van der Waals surface area contributed by atoms with Gasteiger partial charge in [0.05, 0.1) is 6.61 Å². The second kappa shape index (κ2) is 8.37. The van der Waals surface area contributed by atoms with E-state index in [0.29, 0.717) is 25.3 Å². The van der Waals surface area contributed by atoms with E-state index in [1.165, 1.54) is 4.57 Å². The quantitative estimate of drug-likeness (QED) is 0.628. The smallest absolute Gasteiger partial charge is 0.332 e. The highest BCUT2D eigenvalue weighted by Gasteiger charge is 2.25. The van der Waals surface area contributed by atoms with Crippen molar-refractivity contribution < 1.29 is 9.53 Å². The topological polar surface area (TPSA) is 86.4 Å². The molecular weight excluding hydrogens is 396 g/mol. The van der Waals surface area contributed by atoms with Crippen LogP contribution < -0.4 is 20.9 Å². The minimum absolute atomic E-state index is 0.232. The van der Waals surface area contributed by atoms with E-state index in [-0.39, 0.29) is 23.5 Å². The highest BCUT2D eigenvalue weighted by Crippen LogP contribution is 2.27. The first-order valence-electron chi connectivity index (χ1n) is 10.6. The van der Waals surface area contributed by atoms with E-state index >= 15 is 0 Å².